The maximum atomic E-state index is 11.8. The third kappa shape index (κ3) is 36.7. The van der Waals surface area contributed by atoms with Crippen molar-refractivity contribution in [2.75, 3.05) is 146 Å². The van der Waals surface area contributed by atoms with Gasteiger partial charge in [0.15, 0.2) is 18.9 Å². The van der Waals surface area contributed by atoms with Crippen molar-refractivity contribution in [2.45, 2.75) is 184 Å². The number of rotatable bonds is 57. The molecule has 14 N–H and O–H groups in total. The topological polar surface area (TPSA) is 458 Å². The zero-order valence-corrected chi connectivity index (χ0v) is 62.0. The van der Waals surface area contributed by atoms with Crippen molar-refractivity contribution in [3.05, 3.63) is 0 Å². The Balaban J connectivity index is 1.56. The number of ether oxygens (including phenoxy) is 10. The fourth-order valence-electron chi connectivity index (χ4n) is 9.62. The van der Waals surface area contributed by atoms with Crippen molar-refractivity contribution < 1.29 is 154 Å². The zero-order chi connectivity index (χ0) is 71.2. The summed E-state index contributed by atoms with van der Waals surface area (Å²) in [5.74, 6) is -1.58. The minimum atomic E-state index is -3.70. The van der Waals surface area contributed by atoms with Gasteiger partial charge in [0.25, 0.3) is 0 Å². The largest absolute Gasteiger partial charge is 0.394 e. The van der Waals surface area contributed by atoms with Gasteiger partial charge in [-0.1, -0.05) is 26.7 Å². The Bertz CT molecular complexity index is 2190. The standard InChI is InChI=1S/C55H109NO32P4S4/c1-39-46(61)48(63)42(32-57)86-52(39)76-22-9-12-26-80-90(68,94)83-29-15-19-73-36-55(35-72-18-7-5-6-8-25-79-89(67,93)71-4,37-74-20-16-30-84-91(69,95)81-27-13-10-23-77-53-40(2)47(62)49(64)43(33-58)87-53)38-75-21-17-31-85-92(70,96)82-28-14-11-24-78-54-45(56-41(3)60)51(66)50(65)44(34-59)88-54/h39-40,42-54,57-59,61-66H,5-38H2,1-4H3,(H,56,60)(H,67,93)(H,68,94)(H,69,95)(H,70,96)/t39?,40?,42?,43?,44?,45?,46-,47-,48+,49+,50+,51-,52-,53-,54-,55?,89?,90?,91?,92?/m1/s1. The molecule has 3 saturated heterocycles. The summed E-state index contributed by atoms with van der Waals surface area (Å²) in [6.07, 6.45) is -7.42. The molecule has 0 radical (unpaired) electrons. The fraction of sp³-hybridized carbons (Fsp3) is 0.982. The van der Waals surface area contributed by atoms with E-state index in [1.54, 1.807) is 13.8 Å². The highest BCUT2D eigenvalue weighted by atomic mass is 32.5. The number of hydrogen-bond donors (Lipinski definition) is 14. The summed E-state index contributed by atoms with van der Waals surface area (Å²) in [5, 5.41) is 92.7. The van der Waals surface area contributed by atoms with Crippen LogP contribution in [-0.2, 0) is 136 Å². The van der Waals surface area contributed by atoms with Crippen LogP contribution in [0.5, 0.6) is 0 Å². The summed E-state index contributed by atoms with van der Waals surface area (Å²) in [4.78, 5) is 54.0. The number of unbranched alkanes of at least 4 members (excludes halogenated alkanes) is 6. The number of carbonyl (C=O) groups excluding carboxylic acids is 1. The molecule has 3 aliphatic rings. The van der Waals surface area contributed by atoms with E-state index in [1.807, 2.05) is 0 Å². The van der Waals surface area contributed by atoms with Crippen LogP contribution in [0.2, 0.25) is 0 Å². The van der Waals surface area contributed by atoms with Crippen molar-refractivity contribution in [1.29, 1.82) is 0 Å². The molecule has 41 heteroatoms. The SMILES string of the molecule is COP(O)(=S)OCCCCCCOCC(COCCCOP(O)(=S)OCCCCO[C@@H]1OC(CO)[C@H](O)[C@H](O)C1C)(COCCCOP(O)(=S)OCCCCO[C@@H]1OC(CO)[C@H](O)[C@H](O)C1C)COCCCOP(O)(=S)OCCCCO[C@@H]1OC(CO)[C@H](O)[C@H](O)C1NC(C)=O. The van der Waals surface area contributed by atoms with Crippen LogP contribution in [0.3, 0.4) is 0 Å². The molecule has 19 atom stereocenters. The predicted molar refractivity (Wildman–Crippen MR) is 357 cm³/mol. The molecular formula is C55H109NO32P4S4. The monoisotopic (exact) mass is 1550 g/mol. The third-order valence-corrected chi connectivity index (χ3v) is 21.9. The van der Waals surface area contributed by atoms with E-state index in [0.29, 0.717) is 70.8 Å². The highest BCUT2D eigenvalue weighted by molar-refractivity contribution is 8.08. The van der Waals surface area contributed by atoms with E-state index in [0.717, 1.165) is 12.8 Å². The Morgan fingerprint density at radius 3 is 1.00 bits per heavy atom. The van der Waals surface area contributed by atoms with Crippen LogP contribution in [0.4, 0.5) is 0 Å². The van der Waals surface area contributed by atoms with Crippen LogP contribution in [0.1, 0.15) is 104 Å². The smallest absolute Gasteiger partial charge is 0.324 e. The van der Waals surface area contributed by atoms with Crippen LogP contribution in [0.25, 0.3) is 0 Å². The lowest BCUT2D eigenvalue weighted by Gasteiger charge is -2.42. The Kier molecular flexibility index (Phi) is 47.0. The molecule has 3 rings (SSSR count). The van der Waals surface area contributed by atoms with Crippen molar-refractivity contribution in [2.24, 2.45) is 17.3 Å². The van der Waals surface area contributed by atoms with Gasteiger partial charge in [-0.05, 0) is 118 Å². The van der Waals surface area contributed by atoms with Crippen LogP contribution in [0, 0.1) is 17.3 Å². The van der Waals surface area contributed by atoms with Crippen LogP contribution in [0.15, 0.2) is 0 Å². The lowest BCUT2D eigenvalue weighted by Crippen LogP contribution is -2.64. The maximum Gasteiger partial charge on any atom is 0.324 e. The van der Waals surface area contributed by atoms with Gasteiger partial charge in [-0.3, -0.25) is 4.79 Å². The summed E-state index contributed by atoms with van der Waals surface area (Å²) in [7, 11) is 1.29. The Morgan fingerprint density at radius 2 is 0.667 bits per heavy atom. The first-order valence-corrected chi connectivity index (χ1v) is 42.6. The average Bonchev–Trinajstić information content (AvgIpc) is 0.883. The summed E-state index contributed by atoms with van der Waals surface area (Å²) < 4.78 is 102. The summed E-state index contributed by atoms with van der Waals surface area (Å²) in [5.41, 5.74) is -0.940. The fourth-order valence-corrected chi connectivity index (χ4v) is 14.0. The normalized spacial score (nSPS) is 29.7. The van der Waals surface area contributed by atoms with Crippen LogP contribution >= 0.6 is 26.9 Å². The molecule has 0 aromatic carbocycles. The average molecular weight is 1550 g/mol. The van der Waals surface area contributed by atoms with Gasteiger partial charge in [0.05, 0.1) is 110 Å². The molecule has 0 spiro atoms. The second-order valence-electron chi connectivity index (χ2n) is 23.4. The second-order valence-corrected chi connectivity index (χ2v) is 34.8. The number of aliphatic hydroxyl groups excluding tert-OH is 9. The molecule has 0 aliphatic carbocycles. The predicted octanol–water partition coefficient (Wildman–Crippen LogP) is 0.884. The Hall–Kier alpha value is 0.830. The minimum Gasteiger partial charge on any atom is -0.394 e. The molecule has 0 aromatic rings. The van der Waals surface area contributed by atoms with E-state index in [4.69, 9.17) is 131 Å². The lowest BCUT2D eigenvalue weighted by molar-refractivity contribution is -0.282. The number of nitrogens with one attached hydrogen (secondary N) is 1. The molecule has 3 heterocycles. The number of aliphatic hydroxyl groups is 9. The van der Waals surface area contributed by atoms with Gasteiger partial charge in [0, 0.05) is 72.1 Å². The third-order valence-electron chi connectivity index (χ3n) is 15.2. The highest BCUT2D eigenvalue weighted by Gasteiger charge is 2.46. The summed E-state index contributed by atoms with van der Waals surface area (Å²) >= 11 is 20.6. The first kappa shape index (κ1) is 91.0. The van der Waals surface area contributed by atoms with E-state index in [2.05, 4.69) is 5.32 Å². The molecule has 96 heavy (non-hydrogen) atoms. The first-order valence-electron chi connectivity index (χ1n) is 32.3. The number of hydrogen-bond acceptors (Lipinski definition) is 32. The molecular weight excluding hydrogens is 1440 g/mol. The van der Waals surface area contributed by atoms with Crippen molar-refractivity contribution in [1.82, 2.24) is 5.32 Å². The first-order chi connectivity index (χ1) is 45.6. The van der Waals surface area contributed by atoms with Crippen molar-refractivity contribution >= 4 is 80.0 Å². The van der Waals surface area contributed by atoms with Crippen molar-refractivity contribution in [3.63, 3.8) is 0 Å². The van der Waals surface area contributed by atoms with Gasteiger partial charge < -0.3 is 154 Å². The van der Waals surface area contributed by atoms with Gasteiger partial charge in [0.2, 0.25) is 5.91 Å². The number of carbonyl (C=O) groups is 1. The molecule has 3 aliphatic heterocycles. The van der Waals surface area contributed by atoms with E-state index in [1.165, 1.54) is 14.0 Å². The van der Waals surface area contributed by atoms with E-state index in [9.17, 15) is 70.3 Å². The van der Waals surface area contributed by atoms with Gasteiger partial charge >= 0.3 is 26.9 Å². The van der Waals surface area contributed by atoms with Gasteiger partial charge in [0.1, 0.15) is 48.8 Å². The van der Waals surface area contributed by atoms with Gasteiger partial charge in [-0.2, -0.15) is 0 Å². The van der Waals surface area contributed by atoms with Crippen LogP contribution in [-0.4, -0.2) is 297 Å². The van der Waals surface area contributed by atoms with Gasteiger partial charge in [-0.25, -0.2) is 0 Å². The molecule has 33 nitrogen and oxygen atoms in total. The summed E-state index contributed by atoms with van der Waals surface area (Å²) in [6.45, 7) is -9.51. The lowest BCUT2D eigenvalue weighted by atomic mass is 9.92. The molecule has 3 fully saturated rings. The minimum absolute atomic E-state index is 0.000677. The zero-order valence-electron chi connectivity index (χ0n) is 55.2. The molecule has 0 bridgehead atoms. The maximum absolute atomic E-state index is 11.8. The van der Waals surface area contributed by atoms with E-state index < -0.39 is 150 Å². The van der Waals surface area contributed by atoms with Crippen LogP contribution < -0.4 is 5.32 Å². The van der Waals surface area contributed by atoms with Gasteiger partial charge in [-0.15, -0.1) is 0 Å². The van der Waals surface area contributed by atoms with Crippen molar-refractivity contribution in [3.8, 4) is 0 Å². The highest BCUT2D eigenvalue weighted by Crippen LogP contribution is 2.46. The molecule has 0 aromatic heterocycles. The molecule has 1 amide bonds. The quantitative estimate of drug-likeness (QED) is 0.0297. The molecule has 10 unspecified atom stereocenters. The van der Waals surface area contributed by atoms with E-state index >= 15 is 0 Å². The van der Waals surface area contributed by atoms with E-state index in [-0.39, 0.29) is 119 Å². The summed E-state index contributed by atoms with van der Waals surface area (Å²) in [6, 6.07) is -1.10. The molecule has 0 saturated carbocycles. The second kappa shape index (κ2) is 49.6. The molecule has 570 valence electrons. The number of amides is 1. The Morgan fingerprint density at radius 1 is 0.396 bits per heavy atom. The Labute approximate surface area is 583 Å².